The lowest BCUT2D eigenvalue weighted by Gasteiger charge is -2.13. The van der Waals surface area contributed by atoms with E-state index in [1.807, 2.05) is 0 Å². The van der Waals surface area contributed by atoms with Crippen molar-refractivity contribution in [1.82, 2.24) is 4.57 Å². The number of nitro benzene ring substituents is 1. The maximum Gasteiger partial charge on any atom is 0.420 e. The van der Waals surface area contributed by atoms with Crippen LogP contribution in [0.2, 0.25) is 0 Å². The van der Waals surface area contributed by atoms with Crippen molar-refractivity contribution in [1.29, 1.82) is 0 Å². The van der Waals surface area contributed by atoms with Gasteiger partial charge in [-0.05, 0) is 24.6 Å². The molecule has 0 aliphatic rings. The number of hydrogen-bond acceptors (Lipinski definition) is 5. The molecule has 0 amide bonds. The van der Waals surface area contributed by atoms with Crippen LogP contribution in [-0.4, -0.2) is 16.1 Å². The maximum absolute atomic E-state index is 13.1. The number of nitro groups is 1. The molecule has 27 heavy (non-hydrogen) atoms. The number of nitrogens with zero attached hydrogens (tertiary/aromatic N) is 2. The number of rotatable bonds is 6. The molecule has 7 nitrogen and oxygen atoms in total. The number of non-ortho nitro benzene ring substituents is 1. The van der Waals surface area contributed by atoms with Crippen LogP contribution in [0.4, 0.5) is 18.9 Å². The molecule has 0 fully saturated rings. The molecule has 0 saturated heterocycles. The van der Waals surface area contributed by atoms with Crippen molar-refractivity contribution in [3.8, 4) is 5.75 Å². The van der Waals surface area contributed by atoms with Crippen molar-refractivity contribution in [3.63, 3.8) is 0 Å². The van der Waals surface area contributed by atoms with Crippen LogP contribution in [-0.2, 0) is 12.7 Å². The van der Waals surface area contributed by atoms with Gasteiger partial charge in [0.05, 0.1) is 17.0 Å². The Bertz CT molecular complexity index is 1040. The number of hydrogen-bond donors (Lipinski definition) is 0. The van der Waals surface area contributed by atoms with Crippen LogP contribution in [0, 0.1) is 10.1 Å². The minimum Gasteiger partial charge on any atom is -0.493 e. The number of halogens is 3. The maximum atomic E-state index is 13.1. The van der Waals surface area contributed by atoms with E-state index in [1.165, 1.54) is 4.57 Å². The molecule has 0 aliphatic heterocycles. The summed E-state index contributed by atoms with van der Waals surface area (Å²) in [6.07, 6.45) is -4.56. The molecular weight excluding hydrogens is 369 g/mol. The first kappa shape index (κ1) is 18.5. The van der Waals surface area contributed by atoms with Gasteiger partial charge in [-0.15, -0.1) is 0 Å². The molecule has 2 aromatic carbocycles. The van der Waals surface area contributed by atoms with E-state index >= 15 is 0 Å². The van der Waals surface area contributed by atoms with Crippen molar-refractivity contribution in [2.45, 2.75) is 19.1 Å². The summed E-state index contributed by atoms with van der Waals surface area (Å²) in [6, 6.07) is 9.07. The number of aryl methyl sites for hydroxylation is 1. The largest absolute Gasteiger partial charge is 0.493 e. The molecule has 0 atom stereocenters. The number of fused-ring (bicyclic) bond motifs is 1. The molecule has 0 spiro atoms. The fourth-order valence-electron chi connectivity index (χ4n) is 2.61. The van der Waals surface area contributed by atoms with Crippen molar-refractivity contribution in [2.75, 3.05) is 6.61 Å². The fraction of sp³-hybridized carbons (Fsp3) is 0.235. The van der Waals surface area contributed by atoms with Gasteiger partial charge >= 0.3 is 11.9 Å². The summed E-state index contributed by atoms with van der Waals surface area (Å²) in [4.78, 5) is 21.6. The molecular formula is C17H13F3N2O5. The molecule has 0 unspecified atom stereocenters. The van der Waals surface area contributed by atoms with Crippen molar-refractivity contribution < 1.29 is 27.2 Å². The van der Waals surface area contributed by atoms with Gasteiger partial charge in [0.25, 0.3) is 5.69 Å². The summed E-state index contributed by atoms with van der Waals surface area (Å²) in [7, 11) is 0. The van der Waals surface area contributed by atoms with Gasteiger partial charge in [-0.25, -0.2) is 4.79 Å². The van der Waals surface area contributed by atoms with Crippen LogP contribution in [0.1, 0.15) is 12.0 Å². The monoisotopic (exact) mass is 382 g/mol. The second-order valence-electron chi connectivity index (χ2n) is 5.62. The number of aromatic nitrogens is 1. The van der Waals surface area contributed by atoms with E-state index < -0.39 is 33.9 Å². The summed E-state index contributed by atoms with van der Waals surface area (Å²) in [5, 5.41) is 10.7. The van der Waals surface area contributed by atoms with Gasteiger partial charge in [-0.3, -0.25) is 14.7 Å². The number of oxazole rings is 1. The third-order valence-corrected chi connectivity index (χ3v) is 3.84. The second kappa shape index (κ2) is 7.14. The van der Waals surface area contributed by atoms with Gasteiger partial charge in [-0.2, -0.15) is 13.2 Å². The lowest BCUT2D eigenvalue weighted by molar-refractivity contribution is -0.385. The Hall–Kier alpha value is -3.30. The third-order valence-electron chi connectivity index (χ3n) is 3.84. The van der Waals surface area contributed by atoms with Gasteiger partial charge in [0, 0.05) is 18.7 Å². The SMILES string of the molecule is O=c1oc2ccccc2n1CCCOc1ccc([N+](=O)[O-])cc1C(F)(F)F. The van der Waals surface area contributed by atoms with Crippen molar-refractivity contribution in [3.05, 3.63) is 68.7 Å². The Morgan fingerprint density at radius 1 is 1.19 bits per heavy atom. The number of alkyl halides is 3. The van der Waals surface area contributed by atoms with E-state index in [4.69, 9.17) is 9.15 Å². The molecule has 3 aromatic rings. The average molecular weight is 382 g/mol. The molecule has 0 radical (unpaired) electrons. The van der Waals surface area contributed by atoms with Crippen LogP contribution in [0.15, 0.2) is 51.7 Å². The van der Waals surface area contributed by atoms with Gasteiger partial charge in [0.2, 0.25) is 0 Å². The highest BCUT2D eigenvalue weighted by atomic mass is 19.4. The van der Waals surface area contributed by atoms with E-state index in [1.54, 1.807) is 24.3 Å². The molecule has 10 heteroatoms. The third kappa shape index (κ3) is 3.94. The first-order valence-electron chi connectivity index (χ1n) is 7.84. The van der Waals surface area contributed by atoms with Crippen molar-refractivity contribution >= 4 is 16.8 Å². The van der Waals surface area contributed by atoms with Gasteiger partial charge in [0.15, 0.2) is 5.58 Å². The Morgan fingerprint density at radius 3 is 2.63 bits per heavy atom. The van der Waals surface area contributed by atoms with E-state index in [0.717, 1.165) is 12.1 Å². The summed E-state index contributed by atoms with van der Waals surface area (Å²) in [5.74, 6) is -1.07. The van der Waals surface area contributed by atoms with Crippen LogP contribution in [0.3, 0.4) is 0 Å². The van der Waals surface area contributed by atoms with Gasteiger partial charge in [0.1, 0.15) is 11.3 Å². The van der Waals surface area contributed by atoms with Crippen LogP contribution in [0.25, 0.3) is 11.1 Å². The lowest BCUT2D eigenvalue weighted by atomic mass is 10.1. The van der Waals surface area contributed by atoms with E-state index in [0.29, 0.717) is 17.2 Å². The smallest absolute Gasteiger partial charge is 0.420 e. The second-order valence-corrected chi connectivity index (χ2v) is 5.62. The molecule has 1 heterocycles. The zero-order valence-electron chi connectivity index (χ0n) is 13.7. The zero-order chi connectivity index (χ0) is 19.6. The van der Waals surface area contributed by atoms with Crippen LogP contribution in [0.5, 0.6) is 5.75 Å². The van der Waals surface area contributed by atoms with Gasteiger partial charge in [-0.1, -0.05) is 12.1 Å². The molecule has 3 rings (SSSR count). The quantitative estimate of drug-likeness (QED) is 0.365. The lowest BCUT2D eigenvalue weighted by Crippen LogP contribution is -2.16. The summed E-state index contributed by atoms with van der Waals surface area (Å²) < 4.78 is 50.9. The minimum atomic E-state index is -4.79. The Morgan fingerprint density at radius 2 is 1.93 bits per heavy atom. The molecule has 0 bridgehead atoms. The van der Waals surface area contributed by atoms with E-state index in [2.05, 4.69) is 0 Å². The number of para-hydroxylation sites is 2. The molecule has 1 aromatic heterocycles. The minimum absolute atomic E-state index is 0.118. The van der Waals surface area contributed by atoms with Crippen LogP contribution < -0.4 is 10.5 Å². The summed E-state index contributed by atoms with van der Waals surface area (Å²) in [5.41, 5.74) is -0.902. The van der Waals surface area contributed by atoms with E-state index in [9.17, 15) is 28.1 Å². The predicted molar refractivity (Wildman–Crippen MR) is 88.7 cm³/mol. The van der Waals surface area contributed by atoms with E-state index in [-0.39, 0.29) is 19.6 Å². The standard InChI is InChI=1S/C17H13F3N2O5/c18-17(19,20)12-10-11(22(24)25)6-7-14(12)26-9-3-8-21-13-4-1-2-5-15(13)27-16(21)23/h1-2,4-7,10H,3,8-9H2. The molecule has 0 N–H and O–H groups in total. The van der Waals surface area contributed by atoms with Gasteiger partial charge < -0.3 is 9.15 Å². The Balaban J connectivity index is 1.71. The average Bonchev–Trinajstić information content (AvgIpc) is 2.93. The normalized spacial score (nSPS) is 11.7. The molecule has 142 valence electrons. The highest BCUT2D eigenvalue weighted by Gasteiger charge is 2.36. The number of benzene rings is 2. The van der Waals surface area contributed by atoms with Crippen LogP contribution >= 0.6 is 0 Å². The van der Waals surface area contributed by atoms with Crippen molar-refractivity contribution in [2.24, 2.45) is 0 Å². The summed E-state index contributed by atoms with van der Waals surface area (Å²) >= 11 is 0. The highest BCUT2D eigenvalue weighted by Crippen LogP contribution is 2.38. The Labute approximate surface area is 149 Å². The Kier molecular flexibility index (Phi) is 4.89. The number of ether oxygens (including phenoxy) is 1. The first-order chi connectivity index (χ1) is 12.8. The molecule has 0 aliphatic carbocycles. The molecule has 0 saturated carbocycles. The zero-order valence-corrected chi connectivity index (χ0v) is 13.7. The summed E-state index contributed by atoms with van der Waals surface area (Å²) in [6.45, 7) is 0.0665. The fourth-order valence-corrected chi connectivity index (χ4v) is 2.61. The predicted octanol–water partition coefficient (Wildman–Crippen LogP) is 3.99. The highest BCUT2D eigenvalue weighted by molar-refractivity contribution is 5.72. The first-order valence-corrected chi connectivity index (χ1v) is 7.84. The topological polar surface area (TPSA) is 87.5 Å².